The first kappa shape index (κ1) is 25.1. The molecule has 2 aromatic heterocycles. The maximum Gasteiger partial charge on any atom is 0.256 e. The van der Waals surface area contributed by atoms with Gasteiger partial charge < -0.3 is 14.9 Å². The van der Waals surface area contributed by atoms with Gasteiger partial charge in [-0.05, 0) is 44.4 Å². The van der Waals surface area contributed by atoms with E-state index in [0.717, 1.165) is 19.1 Å². The molecule has 1 aromatic carbocycles. The SMILES string of the molecule is CC1(O)CN(c2cc(Cl)nc3cc([C@@H]4CCCCN4C(=O)c4cc(Cl)ccc4NS(C)(=O)=O)nn23)C1. The standard InChI is InChI=1S/C23H26Cl2N6O4S/c1-23(33)12-29(13-23)21-11-19(25)26-20-10-17(27-31(20)21)18-5-3-4-8-30(18)22(32)15-9-14(24)6-7-16(15)28-36(2,34)35/h6-7,9-11,18,28,33H,3-5,8,12-13H2,1-2H3/t18-/m0/s1. The highest BCUT2D eigenvalue weighted by atomic mass is 35.5. The van der Waals surface area contributed by atoms with Crippen LogP contribution in [0.3, 0.4) is 0 Å². The zero-order valence-electron chi connectivity index (χ0n) is 19.8. The Morgan fingerprint density at radius 1 is 1.19 bits per heavy atom. The van der Waals surface area contributed by atoms with E-state index in [1.54, 1.807) is 22.4 Å². The highest BCUT2D eigenvalue weighted by Gasteiger charge is 2.38. The monoisotopic (exact) mass is 552 g/mol. The molecule has 0 bridgehead atoms. The number of anilines is 2. The van der Waals surface area contributed by atoms with E-state index in [9.17, 15) is 18.3 Å². The number of carbonyl (C=O) groups is 1. The number of aliphatic hydroxyl groups is 1. The number of sulfonamides is 1. The number of fused-ring (bicyclic) bond motifs is 1. The Hall–Kier alpha value is -2.60. The van der Waals surface area contributed by atoms with Crippen LogP contribution in [0.1, 0.15) is 48.3 Å². The van der Waals surface area contributed by atoms with Gasteiger partial charge in [-0.2, -0.15) is 9.61 Å². The highest BCUT2D eigenvalue weighted by Crippen LogP contribution is 2.36. The molecule has 36 heavy (non-hydrogen) atoms. The average molecular weight is 553 g/mol. The van der Waals surface area contributed by atoms with Gasteiger partial charge in [0.05, 0.1) is 34.8 Å². The predicted octanol–water partition coefficient (Wildman–Crippen LogP) is 3.35. The number of aromatic nitrogens is 3. The van der Waals surface area contributed by atoms with Crippen molar-refractivity contribution in [1.82, 2.24) is 19.5 Å². The summed E-state index contributed by atoms with van der Waals surface area (Å²) in [7, 11) is -3.60. The minimum atomic E-state index is -3.60. The second-order valence-corrected chi connectivity index (χ2v) is 12.3. The Morgan fingerprint density at radius 2 is 1.94 bits per heavy atom. The largest absolute Gasteiger partial charge is 0.386 e. The minimum absolute atomic E-state index is 0.173. The molecule has 0 aliphatic carbocycles. The third-order valence-corrected chi connectivity index (χ3v) is 7.41. The van der Waals surface area contributed by atoms with E-state index in [4.69, 9.17) is 28.3 Å². The van der Waals surface area contributed by atoms with Crippen molar-refractivity contribution < 1.29 is 18.3 Å². The molecule has 10 nitrogen and oxygen atoms in total. The number of likely N-dealkylation sites (tertiary alicyclic amines) is 1. The number of piperidine rings is 1. The topological polar surface area (TPSA) is 120 Å². The number of halogens is 2. The number of nitrogens with zero attached hydrogens (tertiary/aromatic N) is 5. The van der Waals surface area contributed by atoms with Gasteiger partial charge in [0.25, 0.3) is 5.91 Å². The van der Waals surface area contributed by atoms with Gasteiger partial charge in [0, 0.05) is 36.8 Å². The molecular formula is C23H26Cl2N6O4S. The fourth-order valence-electron chi connectivity index (χ4n) is 4.89. The van der Waals surface area contributed by atoms with Crippen LogP contribution in [0.5, 0.6) is 0 Å². The number of amides is 1. The lowest BCUT2D eigenvalue weighted by atomic mass is 9.97. The number of carbonyl (C=O) groups excluding carboxylic acids is 1. The molecule has 2 N–H and O–H groups in total. The normalized spacial score (nSPS) is 19.9. The van der Waals surface area contributed by atoms with Gasteiger partial charge in [0.2, 0.25) is 10.0 Å². The molecule has 0 radical (unpaired) electrons. The van der Waals surface area contributed by atoms with E-state index in [-0.39, 0.29) is 23.2 Å². The molecule has 0 unspecified atom stereocenters. The quantitative estimate of drug-likeness (QED) is 0.465. The maximum absolute atomic E-state index is 13.7. The van der Waals surface area contributed by atoms with Gasteiger partial charge in [0.1, 0.15) is 11.0 Å². The second kappa shape index (κ2) is 9.05. The number of β-amino-alcohol motifs (C(OH)–C–C–N with tert-alkyl or cyclic N) is 1. The Balaban J connectivity index is 1.52. The zero-order valence-corrected chi connectivity index (χ0v) is 22.1. The molecule has 0 saturated carbocycles. The summed E-state index contributed by atoms with van der Waals surface area (Å²) < 4.78 is 27.9. The van der Waals surface area contributed by atoms with Crippen LogP contribution in [0.15, 0.2) is 30.3 Å². The summed E-state index contributed by atoms with van der Waals surface area (Å²) in [6.07, 6.45) is 3.43. The molecule has 192 valence electrons. The van der Waals surface area contributed by atoms with Crippen molar-refractivity contribution in [2.45, 2.75) is 37.8 Å². The summed E-state index contributed by atoms with van der Waals surface area (Å²) in [5.41, 5.74) is 0.768. The van der Waals surface area contributed by atoms with Crippen LogP contribution in [0, 0.1) is 0 Å². The van der Waals surface area contributed by atoms with Gasteiger partial charge >= 0.3 is 0 Å². The molecule has 13 heteroatoms. The molecule has 2 fully saturated rings. The molecule has 2 aliphatic heterocycles. The van der Waals surface area contributed by atoms with Gasteiger partial charge in [-0.3, -0.25) is 9.52 Å². The summed E-state index contributed by atoms with van der Waals surface area (Å²) >= 11 is 12.5. The van der Waals surface area contributed by atoms with Crippen molar-refractivity contribution in [3.8, 4) is 0 Å². The lowest BCUT2D eigenvalue weighted by Crippen LogP contribution is -2.60. The summed E-state index contributed by atoms with van der Waals surface area (Å²) in [5.74, 6) is 0.376. The van der Waals surface area contributed by atoms with Crippen LogP contribution < -0.4 is 9.62 Å². The summed E-state index contributed by atoms with van der Waals surface area (Å²) in [4.78, 5) is 21.8. The van der Waals surface area contributed by atoms with Gasteiger partial charge in [-0.15, -0.1) is 0 Å². The summed E-state index contributed by atoms with van der Waals surface area (Å²) in [6, 6.07) is 7.68. The predicted molar refractivity (Wildman–Crippen MR) is 138 cm³/mol. The maximum atomic E-state index is 13.7. The van der Waals surface area contributed by atoms with E-state index >= 15 is 0 Å². The van der Waals surface area contributed by atoms with E-state index in [0.29, 0.717) is 53.4 Å². The summed E-state index contributed by atoms with van der Waals surface area (Å²) in [6.45, 7) is 3.14. The molecule has 3 aromatic rings. The molecule has 1 atom stereocenters. The Bertz CT molecular complexity index is 1450. The Morgan fingerprint density at radius 3 is 2.64 bits per heavy atom. The van der Waals surface area contributed by atoms with E-state index in [1.807, 2.05) is 11.0 Å². The van der Waals surface area contributed by atoms with E-state index in [1.165, 1.54) is 18.2 Å². The fourth-order valence-corrected chi connectivity index (χ4v) is 5.83. The van der Waals surface area contributed by atoms with Crippen LogP contribution >= 0.6 is 23.2 Å². The molecule has 2 saturated heterocycles. The highest BCUT2D eigenvalue weighted by molar-refractivity contribution is 7.92. The zero-order chi connectivity index (χ0) is 25.8. The lowest BCUT2D eigenvalue weighted by Gasteiger charge is -2.45. The van der Waals surface area contributed by atoms with Crippen LogP contribution in [-0.4, -0.2) is 70.4 Å². The first-order valence-electron chi connectivity index (χ1n) is 11.5. The van der Waals surface area contributed by atoms with Crippen molar-refractivity contribution in [2.75, 3.05) is 35.5 Å². The third kappa shape index (κ3) is 4.97. The third-order valence-electron chi connectivity index (χ3n) is 6.40. The van der Waals surface area contributed by atoms with Crippen LogP contribution in [0.25, 0.3) is 5.65 Å². The van der Waals surface area contributed by atoms with Crippen LogP contribution in [0.4, 0.5) is 11.5 Å². The molecular weight excluding hydrogens is 527 g/mol. The van der Waals surface area contributed by atoms with Crippen molar-refractivity contribution in [2.24, 2.45) is 0 Å². The lowest BCUT2D eigenvalue weighted by molar-refractivity contribution is 0.0302. The van der Waals surface area contributed by atoms with Gasteiger partial charge in [-0.1, -0.05) is 23.2 Å². The number of nitrogens with one attached hydrogen (secondary N) is 1. The van der Waals surface area contributed by atoms with Gasteiger partial charge in [0.15, 0.2) is 5.65 Å². The molecule has 1 amide bonds. The molecule has 4 heterocycles. The van der Waals surface area contributed by atoms with Gasteiger partial charge in [-0.25, -0.2) is 13.4 Å². The Labute approximate surface area is 218 Å². The van der Waals surface area contributed by atoms with E-state index in [2.05, 4.69) is 9.71 Å². The van der Waals surface area contributed by atoms with Crippen molar-refractivity contribution in [3.63, 3.8) is 0 Å². The summed E-state index contributed by atoms with van der Waals surface area (Å²) in [5, 5.41) is 15.6. The molecule has 5 rings (SSSR count). The van der Waals surface area contributed by atoms with Crippen molar-refractivity contribution in [1.29, 1.82) is 0 Å². The fraction of sp³-hybridized carbons (Fsp3) is 0.435. The Kier molecular flexibility index (Phi) is 6.30. The first-order chi connectivity index (χ1) is 16.9. The molecule has 2 aliphatic rings. The number of benzene rings is 1. The number of hydrogen-bond acceptors (Lipinski definition) is 7. The molecule has 0 spiro atoms. The van der Waals surface area contributed by atoms with E-state index < -0.39 is 15.6 Å². The van der Waals surface area contributed by atoms with Crippen LogP contribution in [0.2, 0.25) is 10.2 Å². The smallest absolute Gasteiger partial charge is 0.256 e. The minimum Gasteiger partial charge on any atom is -0.386 e. The van der Waals surface area contributed by atoms with Crippen molar-refractivity contribution >= 4 is 56.3 Å². The first-order valence-corrected chi connectivity index (χ1v) is 14.2. The van der Waals surface area contributed by atoms with Crippen molar-refractivity contribution in [3.05, 3.63) is 51.8 Å². The average Bonchev–Trinajstić information content (AvgIpc) is 3.20. The number of hydrogen-bond donors (Lipinski definition) is 2. The second-order valence-electron chi connectivity index (χ2n) is 9.70. The number of rotatable bonds is 5. The van der Waals surface area contributed by atoms with Crippen LogP contribution in [-0.2, 0) is 10.0 Å².